The summed E-state index contributed by atoms with van der Waals surface area (Å²) < 4.78 is 41.3. The Kier molecular flexibility index (Phi) is 7.57. The molecule has 1 aliphatic heterocycles. The molecule has 1 fully saturated rings. The monoisotopic (exact) mass is 348 g/mol. The second kappa shape index (κ2) is 8.93. The topological polar surface area (TPSA) is 61.8 Å². The molecule has 0 unspecified atom stereocenters. The maximum atomic E-state index is 13.8. The van der Waals surface area contributed by atoms with Crippen LogP contribution in [0.3, 0.4) is 0 Å². The first-order chi connectivity index (χ1) is 10.7. The predicted molar refractivity (Wildman–Crippen MR) is 82.6 cm³/mol. The van der Waals surface area contributed by atoms with Crippen molar-refractivity contribution < 1.29 is 32.6 Å². The van der Waals surface area contributed by atoms with Crippen molar-refractivity contribution in [3.05, 3.63) is 24.3 Å². The molecule has 130 valence electrons. The fraction of sp³-hybridized carbons (Fsp3) is 0.600. The lowest BCUT2D eigenvalue weighted by Gasteiger charge is -2.22. The van der Waals surface area contributed by atoms with Gasteiger partial charge in [0, 0.05) is 12.8 Å². The van der Waals surface area contributed by atoms with Crippen molar-refractivity contribution in [1.29, 1.82) is 0 Å². The summed E-state index contributed by atoms with van der Waals surface area (Å²) in [7, 11) is -2.17. The van der Waals surface area contributed by atoms with Crippen molar-refractivity contribution >= 4 is 20.0 Å². The van der Waals surface area contributed by atoms with Gasteiger partial charge < -0.3 is 14.2 Å². The number of ether oxygens (including phenoxy) is 3. The van der Waals surface area contributed by atoms with E-state index in [2.05, 4.69) is 6.58 Å². The van der Waals surface area contributed by atoms with Crippen LogP contribution in [0.25, 0.3) is 0 Å². The molecule has 0 atom stereocenters. The van der Waals surface area contributed by atoms with E-state index in [1.807, 2.05) is 13.1 Å². The van der Waals surface area contributed by atoms with Gasteiger partial charge in [0.1, 0.15) is 6.10 Å². The van der Waals surface area contributed by atoms with E-state index in [-0.39, 0.29) is 18.4 Å². The van der Waals surface area contributed by atoms with Gasteiger partial charge in [0.15, 0.2) is 0 Å². The van der Waals surface area contributed by atoms with Gasteiger partial charge in [0.25, 0.3) is 0 Å². The van der Waals surface area contributed by atoms with E-state index in [1.165, 1.54) is 0 Å². The average Bonchev–Trinajstić information content (AvgIpc) is 2.51. The van der Waals surface area contributed by atoms with E-state index in [9.17, 15) is 18.4 Å². The molecule has 0 aromatic rings. The van der Waals surface area contributed by atoms with Gasteiger partial charge in [-0.2, -0.15) is 8.78 Å². The highest BCUT2D eigenvalue weighted by Gasteiger charge is 2.25. The summed E-state index contributed by atoms with van der Waals surface area (Å²) in [5.74, 6) is -4.24. The molecule has 8 heteroatoms. The third-order valence-electron chi connectivity index (χ3n) is 3.29. The Morgan fingerprint density at radius 3 is 2.43 bits per heavy atom. The summed E-state index contributed by atoms with van der Waals surface area (Å²) in [6, 6.07) is 0.258. The normalized spacial score (nSPS) is 16.8. The molecule has 1 saturated heterocycles. The Balaban J connectivity index is 2.44. The number of allylic oxidation sites excluding steroid dienone is 1. The van der Waals surface area contributed by atoms with Crippen molar-refractivity contribution in [2.75, 3.05) is 19.4 Å². The lowest BCUT2D eigenvalue weighted by atomic mass is 10.1. The molecule has 0 aromatic heterocycles. The maximum absolute atomic E-state index is 13.8. The zero-order valence-electron chi connectivity index (χ0n) is 13.4. The molecule has 0 bridgehead atoms. The summed E-state index contributed by atoms with van der Waals surface area (Å²) in [6.07, 6.45) is 1.95. The Morgan fingerprint density at radius 1 is 1.26 bits per heavy atom. The van der Waals surface area contributed by atoms with Crippen molar-refractivity contribution in [1.82, 2.24) is 0 Å². The van der Waals surface area contributed by atoms with E-state index >= 15 is 0 Å². The van der Waals surface area contributed by atoms with Crippen LogP contribution in [0.1, 0.15) is 12.8 Å². The van der Waals surface area contributed by atoms with Crippen molar-refractivity contribution in [2.45, 2.75) is 38.1 Å². The van der Waals surface area contributed by atoms with Crippen LogP contribution in [0.2, 0.25) is 19.1 Å². The molecule has 0 aromatic carbocycles. The molecule has 0 saturated carbocycles. The highest BCUT2D eigenvalue weighted by Crippen LogP contribution is 2.17. The van der Waals surface area contributed by atoms with Gasteiger partial charge in [-0.1, -0.05) is 19.7 Å². The summed E-state index contributed by atoms with van der Waals surface area (Å²) >= 11 is 0. The minimum absolute atomic E-state index is 0.00750. The number of carbonyl (C=O) groups is 2. The Bertz CT molecular complexity index is 484. The van der Waals surface area contributed by atoms with Gasteiger partial charge in [-0.15, -0.1) is 0 Å². The second-order valence-electron chi connectivity index (χ2n) is 6.12. The third kappa shape index (κ3) is 7.51. The fourth-order valence-corrected chi connectivity index (χ4v) is 3.22. The fourth-order valence-electron chi connectivity index (χ4n) is 1.85. The summed E-state index contributed by atoms with van der Waals surface area (Å²) in [5.41, 5.74) is 0. The first-order valence-electron chi connectivity index (χ1n) is 7.37. The quantitative estimate of drug-likeness (QED) is 0.402. The second-order valence-corrected chi connectivity index (χ2v) is 11.1. The van der Waals surface area contributed by atoms with Gasteiger partial charge in [-0.05, 0) is 12.1 Å². The number of esters is 2. The largest absolute Gasteiger partial charge is 0.464 e. The third-order valence-corrected chi connectivity index (χ3v) is 5.52. The molecule has 1 rings (SSSR count). The van der Waals surface area contributed by atoms with Crippen LogP contribution >= 0.6 is 0 Å². The molecule has 0 N–H and O–H groups in total. The molecule has 1 aliphatic rings. The standard InChI is InChI=1S/C15H22F2O5Si/c1-11(16)14(18)21-10-23(2,3)9-6-13(17)15(19)22-12-4-7-20-8-5-12/h6,12H,1,4-5,7-10H2,2-3H3/b13-6-. The Labute approximate surface area is 135 Å². The average molecular weight is 348 g/mol. The number of rotatable bonds is 7. The van der Waals surface area contributed by atoms with Crippen LogP contribution in [0, 0.1) is 0 Å². The molecule has 0 spiro atoms. The van der Waals surface area contributed by atoms with E-state index < -0.39 is 31.7 Å². The lowest BCUT2D eigenvalue weighted by molar-refractivity contribution is -0.150. The molecule has 1 heterocycles. The van der Waals surface area contributed by atoms with Crippen LogP contribution in [-0.4, -0.2) is 45.6 Å². The summed E-state index contributed by atoms with van der Waals surface area (Å²) in [6.45, 7) is 7.49. The van der Waals surface area contributed by atoms with Crippen molar-refractivity contribution in [3.63, 3.8) is 0 Å². The number of halogens is 2. The zero-order valence-corrected chi connectivity index (χ0v) is 14.4. The first-order valence-corrected chi connectivity index (χ1v) is 10.8. The van der Waals surface area contributed by atoms with Gasteiger partial charge in [0.2, 0.25) is 11.7 Å². The molecule has 0 aliphatic carbocycles. The van der Waals surface area contributed by atoms with Gasteiger partial charge in [-0.25, -0.2) is 9.59 Å². The lowest BCUT2D eigenvalue weighted by Crippen LogP contribution is -2.33. The summed E-state index contributed by atoms with van der Waals surface area (Å²) in [4.78, 5) is 22.7. The van der Waals surface area contributed by atoms with E-state index in [0.717, 1.165) is 6.08 Å². The predicted octanol–water partition coefficient (Wildman–Crippen LogP) is 2.84. The molecule has 5 nitrogen and oxygen atoms in total. The van der Waals surface area contributed by atoms with E-state index in [0.29, 0.717) is 26.1 Å². The first kappa shape index (κ1) is 19.5. The van der Waals surface area contributed by atoms with Crippen molar-refractivity contribution in [3.8, 4) is 0 Å². The number of hydrogen-bond acceptors (Lipinski definition) is 5. The minimum Gasteiger partial charge on any atom is -0.464 e. The SMILES string of the molecule is C=C(F)C(=O)OC[Si](C)(C)C/C=C(\F)C(=O)OC1CCOCC1. The van der Waals surface area contributed by atoms with E-state index in [1.54, 1.807) is 0 Å². The number of carbonyl (C=O) groups excluding carboxylic acids is 2. The molecule has 23 heavy (non-hydrogen) atoms. The van der Waals surface area contributed by atoms with E-state index in [4.69, 9.17) is 14.2 Å². The molecule has 0 amide bonds. The highest BCUT2D eigenvalue weighted by molar-refractivity contribution is 6.77. The molecule has 0 radical (unpaired) electrons. The van der Waals surface area contributed by atoms with Crippen molar-refractivity contribution in [2.24, 2.45) is 0 Å². The van der Waals surface area contributed by atoms with Gasteiger partial charge >= 0.3 is 11.9 Å². The maximum Gasteiger partial charge on any atom is 0.367 e. The van der Waals surface area contributed by atoms with Crippen LogP contribution < -0.4 is 0 Å². The molecular formula is C15H22F2O5Si. The number of hydrogen-bond donors (Lipinski definition) is 0. The molecular weight excluding hydrogens is 326 g/mol. The Morgan fingerprint density at radius 2 is 1.87 bits per heavy atom. The van der Waals surface area contributed by atoms with Crippen LogP contribution in [0.4, 0.5) is 8.78 Å². The minimum atomic E-state index is -2.17. The summed E-state index contributed by atoms with van der Waals surface area (Å²) in [5, 5.41) is 0. The van der Waals surface area contributed by atoms with Crippen LogP contribution in [0.5, 0.6) is 0 Å². The van der Waals surface area contributed by atoms with Crippen LogP contribution in [-0.2, 0) is 23.8 Å². The zero-order chi connectivity index (χ0) is 17.5. The highest BCUT2D eigenvalue weighted by atomic mass is 28.3. The Hall–Kier alpha value is -1.54. The smallest absolute Gasteiger partial charge is 0.367 e. The van der Waals surface area contributed by atoms with Crippen LogP contribution in [0.15, 0.2) is 24.3 Å². The van der Waals surface area contributed by atoms with Gasteiger partial charge in [0.05, 0.1) is 27.5 Å². The van der Waals surface area contributed by atoms with Gasteiger partial charge in [-0.3, -0.25) is 0 Å².